The van der Waals surface area contributed by atoms with E-state index in [1.165, 1.54) is 26.1 Å². The smallest absolute Gasteiger partial charge is 0.475 e. The van der Waals surface area contributed by atoms with Crippen molar-refractivity contribution >= 4 is 25.5 Å². The number of nitrogens with zero attached hydrogens (tertiary/aromatic N) is 2. The Labute approximate surface area is 262 Å². The second-order valence-electron chi connectivity index (χ2n) is 10.4. The van der Waals surface area contributed by atoms with Gasteiger partial charge in [-0.05, 0) is 38.0 Å². The van der Waals surface area contributed by atoms with Crippen LogP contribution in [0, 0.1) is 5.92 Å². The molecule has 15 nitrogen and oxygen atoms in total. The summed E-state index contributed by atoms with van der Waals surface area (Å²) in [6, 6.07) is 8.44. The summed E-state index contributed by atoms with van der Waals surface area (Å²) in [6.45, 7) is 6.43. The Morgan fingerprint density at radius 1 is 1.22 bits per heavy atom. The molecule has 6 N–H and O–H groups in total. The number of esters is 1. The van der Waals surface area contributed by atoms with Crippen LogP contribution in [0.25, 0.3) is 0 Å². The number of rotatable bonds is 13. The first kappa shape index (κ1) is 38.6. The summed E-state index contributed by atoms with van der Waals surface area (Å²) < 4.78 is 68.8. The number of aromatic nitrogens is 2. The van der Waals surface area contributed by atoms with Gasteiger partial charge in [-0.3, -0.25) is 13.9 Å². The van der Waals surface area contributed by atoms with Gasteiger partial charge < -0.3 is 35.1 Å². The zero-order valence-electron chi connectivity index (χ0n) is 25.4. The lowest BCUT2D eigenvalue weighted by molar-refractivity contribution is -0.192. The molecule has 46 heavy (non-hydrogen) atoms. The average molecular weight is 683 g/mol. The fraction of sp³-hybridized carbons (Fsp3) is 0.556. The summed E-state index contributed by atoms with van der Waals surface area (Å²) in [4.78, 5) is 37.4. The molecule has 0 saturated carbocycles. The number of hydrogen-bond donors (Lipinski definition) is 5. The van der Waals surface area contributed by atoms with Gasteiger partial charge in [-0.2, -0.15) is 23.2 Å². The number of aliphatic hydroxyl groups is 2. The number of alkyl halides is 3. The molecule has 1 aliphatic rings. The first-order chi connectivity index (χ1) is 21.3. The van der Waals surface area contributed by atoms with Crippen LogP contribution in [0.1, 0.15) is 46.8 Å². The predicted molar refractivity (Wildman–Crippen MR) is 155 cm³/mol. The van der Waals surface area contributed by atoms with Gasteiger partial charge in [0.1, 0.15) is 35.4 Å². The van der Waals surface area contributed by atoms with E-state index in [1.54, 1.807) is 30.3 Å². The second-order valence-corrected chi connectivity index (χ2v) is 12.1. The first-order valence-electron chi connectivity index (χ1n) is 14.0. The van der Waals surface area contributed by atoms with Crippen LogP contribution in [0.4, 0.5) is 19.0 Å². The Kier molecular flexibility index (Phi) is 13.7. The van der Waals surface area contributed by atoms with Gasteiger partial charge in [0.2, 0.25) is 0 Å². The van der Waals surface area contributed by atoms with E-state index in [2.05, 4.69) is 10.1 Å². The maximum absolute atomic E-state index is 13.8. The van der Waals surface area contributed by atoms with Gasteiger partial charge in [-0.15, -0.1) is 0 Å². The molecule has 3 rings (SSSR count). The van der Waals surface area contributed by atoms with Crippen molar-refractivity contribution < 1.29 is 61.2 Å². The van der Waals surface area contributed by atoms with E-state index in [-0.39, 0.29) is 24.1 Å². The number of nitrogen functional groups attached to an aromatic ring is 1. The van der Waals surface area contributed by atoms with Crippen LogP contribution < -0.4 is 21.0 Å². The molecule has 2 heterocycles. The SMILES string of the molecule is CCC(CC)COC(=O)[C@H](C)NP(=O)(OC[C@H]1O[C@@H](n2ccc(N)nc2=O)[C@](C)(O)[C@@H]1O)Oc1ccccc1.O=C(O)C(F)(F)F. The number of hydrogen-bond acceptors (Lipinski definition) is 12. The molecule has 0 amide bonds. The number of carboxylic acids is 1. The minimum absolute atomic E-state index is 0.0213. The Balaban J connectivity index is 0.000000942. The molecule has 0 aliphatic carbocycles. The molecule has 19 heteroatoms. The van der Waals surface area contributed by atoms with Crippen LogP contribution in [0.15, 0.2) is 47.4 Å². The zero-order valence-corrected chi connectivity index (χ0v) is 26.3. The summed E-state index contributed by atoms with van der Waals surface area (Å²) in [5, 5.41) is 31.4. The molecule has 1 unspecified atom stereocenters. The highest BCUT2D eigenvalue weighted by Gasteiger charge is 2.54. The van der Waals surface area contributed by atoms with E-state index in [0.29, 0.717) is 0 Å². The Bertz CT molecular complexity index is 1410. The van der Waals surface area contributed by atoms with Gasteiger partial charge in [0.05, 0.1) is 13.2 Å². The van der Waals surface area contributed by atoms with Crippen LogP contribution >= 0.6 is 7.75 Å². The lowest BCUT2D eigenvalue weighted by Crippen LogP contribution is -2.46. The number of nitrogens with one attached hydrogen (secondary N) is 1. The highest BCUT2D eigenvalue weighted by Crippen LogP contribution is 2.47. The van der Waals surface area contributed by atoms with Crippen molar-refractivity contribution in [2.45, 2.75) is 76.8 Å². The zero-order chi connectivity index (χ0) is 34.9. The van der Waals surface area contributed by atoms with Gasteiger partial charge in [0, 0.05) is 6.20 Å². The minimum atomic E-state index is -5.08. The quantitative estimate of drug-likeness (QED) is 0.151. The second kappa shape index (κ2) is 16.3. The highest BCUT2D eigenvalue weighted by atomic mass is 31.2. The number of aliphatic hydroxyl groups excluding tert-OH is 1. The standard InChI is InChI=1S/C25H37N4O9P.C2HF3O2/c1-5-17(6-2)14-35-22(31)16(3)28-39(34,38-18-10-8-7-9-11-18)36-15-19-21(30)25(4,33)23(37-19)29-13-12-20(26)27-24(29)32;3-2(4,5)1(6)7/h7-13,16-17,19,21,23,30,33H,5-6,14-15H2,1-4H3,(H,28,34)(H2,26,27,32);(H,6,7)/t16-,19+,21+,23+,25+,39?;/m0./s1. The van der Waals surface area contributed by atoms with Crippen molar-refractivity contribution in [3.63, 3.8) is 0 Å². The molecule has 0 radical (unpaired) electrons. The predicted octanol–water partition coefficient (Wildman–Crippen LogP) is 2.63. The number of carbonyl (C=O) groups excluding carboxylic acids is 1. The molecule has 1 aromatic carbocycles. The highest BCUT2D eigenvalue weighted by molar-refractivity contribution is 7.52. The number of aliphatic carboxylic acids is 1. The number of ether oxygens (including phenoxy) is 2. The number of anilines is 1. The summed E-state index contributed by atoms with van der Waals surface area (Å²) in [5.74, 6) is -3.02. The van der Waals surface area contributed by atoms with Gasteiger partial charge in [-0.1, -0.05) is 44.9 Å². The molecule has 1 aliphatic heterocycles. The van der Waals surface area contributed by atoms with Crippen LogP contribution in [0.5, 0.6) is 5.75 Å². The normalized spacial score (nSPS) is 23.1. The van der Waals surface area contributed by atoms with E-state index in [1.807, 2.05) is 13.8 Å². The maximum atomic E-state index is 13.8. The van der Waals surface area contributed by atoms with Crippen LogP contribution in [0.3, 0.4) is 0 Å². The van der Waals surface area contributed by atoms with E-state index < -0.39 is 68.2 Å². The molecule has 6 atom stereocenters. The molecular weight excluding hydrogens is 644 g/mol. The lowest BCUT2D eigenvalue weighted by atomic mass is 9.96. The average Bonchev–Trinajstić information content (AvgIpc) is 3.20. The molecule has 0 spiro atoms. The molecule has 0 bridgehead atoms. The summed E-state index contributed by atoms with van der Waals surface area (Å²) in [6.07, 6.45) is -6.25. The molecule has 1 fully saturated rings. The van der Waals surface area contributed by atoms with Crippen molar-refractivity contribution in [1.82, 2.24) is 14.6 Å². The van der Waals surface area contributed by atoms with Gasteiger partial charge in [0.25, 0.3) is 0 Å². The first-order valence-corrected chi connectivity index (χ1v) is 15.5. The molecular formula is C27H38F3N4O11P. The number of benzene rings is 1. The van der Waals surface area contributed by atoms with E-state index >= 15 is 0 Å². The van der Waals surface area contributed by atoms with Crippen LogP contribution in [-0.2, 0) is 28.2 Å². The number of carbonyl (C=O) groups is 2. The van der Waals surface area contributed by atoms with Crippen molar-refractivity contribution in [3.8, 4) is 5.75 Å². The number of nitrogens with two attached hydrogens (primary N) is 1. The Morgan fingerprint density at radius 3 is 2.33 bits per heavy atom. The summed E-state index contributed by atoms with van der Waals surface area (Å²) >= 11 is 0. The Hall–Kier alpha value is -3.54. The third-order valence-electron chi connectivity index (χ3n) is 6.80. The van der Waals surface area contributed by atoms with E-state index in [0.717, 1.165) is 17.4 Å². The van der Waals surface area contributed by atoms with Crippen molar-refractivity contribution in [3.05, 3.63) is 53.1 Å². The Morgan fingerprint density at radius 2 is 1.80 bits per heavy atom. The fourth-order valence-corrected chi connectivity index (χ4v) is 5.51. The molecule has 1 saturated heterocycles. The van der Waals surface area contributed by atoms with Crippen molar-refractivity contribution in [2.75, 3.05) is 18.9 Å². The largest absolute Gasteiger partial charge is 0.490 e. The van der Waals surface area contributed by atoms with Crippen LogP contribution in [0.2, 0.25) is 0 Å². The molecule has 1 aromatic heterocycles. The van der Waals surface area contributed by atoms with Crippen molar-refractivity contribution in [1.29, 1.82) is 0 Å². The van der Waals surface area contributed by atoms with Gasteiger partial charge in [-0.25, -0.2) is 14.2 Å². The number of halogens is 3. The number of para-hydroxylation sites is 1. The topological polar surface area (TPSA) is 222 Å². The third-order valence-corrected chi connectivity index (χ3v) is 8.44. The lowest BCUT2D eigenvalue weighted by Gasteiger charge is -2.27. The van der Waals surface area contributed by atoms with Gasteiger partial charge >= 0.3 is 31.6 Å². The van der Waals surface area contributed by atoms with Gasteiger partial charge in [0.15, 0.2) is 6.23 Å². The fourth-order valence-electron chi connectivity index (χ4n) is 4.00. The van der Waals surface area contributed by atoms with E-state index in [4.69, 9.17) is 34.2 Å². The third kappa shape index (κ3) is 10.8. The monoisotopic (exact) mass is 682 g/mol. The maximum Gasteiger partial charge on any atom is 0.490 e. The minimum Gasteiger partial charge on any atom is -0.475 e. The summed E-state index contributed by atoms with van der Waals surface area (Å²) in [5.41, 5.74) is 2.79. The molecule has 2 aromatic rings. The van der Waals surface area contributed by atoms with E-state index in [9.17, 15) is 37.5 Å². The van der Waals surface area contributed by atoms with Crippen molar-refractivity contribution in [2.24, 2.45) is 5.92 Å². The summed E-state index contributed by atoms with van der Waals surface area (Å²) in [7, 11) is -4.26. The van der Waals surface area contributed by atoms with Crippen LogP contribution in [-0.4, -0.2) is 80.1 Å². The number of carboxylic acid groups (broad SMARTS) is 1. The molecule has 258 valence electrons.